The first-order chi connectivity index (χ1) is 4.67. The molecule has 1 heterocycles. The van der Waals surface area contributed by atoms with Crippen LogP contribution in [0.1, 0.15) is 26.7 Å². The van der Waals surface area contributed by atoms with Crippen LogP contribution in [0.3, 0.4) is 0 Å². The molecular weight excluding hydrogens is 195 g/mol. The Bertz CT molecular complexity index is 118. The average molecular weight is 215 g/mol. The second-order valence-corrected chi connectivity index (χ2v) is 3.69. The SMILES string of the molecule is CC1(C)CCCN1CCN.Cl.Cl. The molecule has 1 rings (SSSR count). The van der Waals surface area contributed by atoms with Gasteiger partial charge in [0.25, 0.3) is 0 Å². The molecule has 12 heavy (non-hydrogen) atoms. The highest BCUT2D eigenvalue weighted by Gasteiger charge is 2.30. The van der Waals surface area contributed by atoms with Gasteiger partial charge in [0.2, 0.25) is 0 Å². The molecule has 0 amide bonds. The van der Waals surface area contributed by atoms with Gasteiger partial charge in [0.15, 0.2) is 0 Å². The third-order valence-corrected chi connectivity index (χ3v) is 2.47. The molecule has 1 aliphatic heterocycles. The molecule has 0 bridgehead atoms. The van der Waals surface area contributed by atoms with E-state index in [0.29, 0.717) is 5.54 Å². The first kappa shape index (κ1) is 15.0. The number of hydrogen-bond acceptors (Lipinski definition) is 2. The van der Waals surface area contributed by atoms with Crippen molar-refractivity contribution in [3.05, 3.63) is 0 Å². The van der Waals surface area contributed by atoms with Crippen LogP contribution in [-0.4, -0.2) is 30.1 Å². The van der Waals surface area contributed by atoms with Gasteiger partial charge >= 0.3 is 0 Å². The van der Waals surface area contributed by atoms with Crippen LogP contribution in [0.15, 0.2) is 0 Å². The van der Waals surface area contributed by atoms with Gasteiger partial charge in [-0.3, -0.25) is 4.90 Å². The van der Waals surface area contributed by atoms with Crippen LogP contribution in [0, 0.1) is 0 Å². The molecule has 0 aromatic heterocycles. The highest BCUT2D eigenvalue weighted by Crippen LogP contribution is 2.26. The minimum absolute atomic E-state index is 0. The van der Waals surface area contributed by atoms with E-state index in [1.807, 2.05) is 0 Å². The predicted molar refractivity (Wildman–Crippen MR) is 58.4 cm³/mol. The fourth-order valence-electron chi connectivity index (χ4n) is 1.73. The van der Waals surface area contributed by atoms with Gasteiger partial charge in [-0.2, -0.15) is 0 Å². The van der Waals surface area contributed by atoms with Crippen LogP contribution >= 0.6 is 24.8 Å². The molecule has 0 atom stereocenters. The van der Waals surface area contributed by atoms with Gasteiger partial charge in [0.1, 0.15) is 0 Å². The molecule has 0 unspecified atom stereocenters. The summed E-state index contributed by atoms with van der Waals surface area (Å²) in [5.74, 6) is 0. The van der Waals surface area contributed by atoms with E-state index in [0.717, 1.165) is 13.1 Å². The molecule has 2 N–H and O–H groups in total. The van der Waals surface area contributed by atoms with Gasteiger partial charge in [-0.25, -0.2) is 0 Å². The standard InChI is InChI=1S/C8H18N2.2ClH/c1-8(2)4-3-6-10(8)7-5-9;;/h3-7,9H2,1-2H3;2*1H. The lowest BCUT2D eigenvalue weighted by atomic mass is 10.0. The molecule has 1 saturated heterocycles. The zero-order valence-electron chi connectivity index (χ0n) is 7.88. The van der Waals surface area contributed by atoms with Crippen LogP contribution in [-0.2, 0) is 0 Å². The molecule has 76 valence electrons. The van der Waals surface area contributed by atoms with Crippen molar-refractivity contribution in [2.24, 2.45) is 5.73 Å². The molecule has 0 radical (unpaired) electrons. The third-order valence-electron chi connectivity index (χ3n) is 2.47. The fourth-order valence-corrected chi connectivity index (χ4v) is 1.73. The summed E-state index contributed by atoms with van der Waals surface area (Å²) >= 11 is 0. The predicted octanol–water partition coefficient (Wildman–Crippen LogP) is 1.66. The van der Waals surface area contributed by atoms with Crippen molar-refractivity contribution in [3.8, 4) is 0 Å². The summed E-state index contributed by atoms with van der Waals surface area (Å²) in [7, 11) is 0. The number of hydrogen-bond donors (Lipinski definition) is 1. The minimum atomic E-state index is 0. The van der Waals surface area contributed by atoms with Crippen LogP contribution in [0.5, 0.6) is 0 Å². The van der Waals surface area contributed by atoms with Crippen molar-refractivity contribution in [3.63, 3.8) is 0 Å². The summed E-state index contributed by atoms with van der Waals surface area (Å²) in [5.41, 5.74) is 5.90. The lowest BCUT2D eigenvalue weighted by Crippen LogP contribution is -2.41. The number of nitrogens with zero attached hydrogens (tertiary/aromatic N) is 1. The Kier molecular flexibility index (Phi) is 7.54. The van der Waals surface area contributed by atoms with Crippen molar-refractivity contribution in [1.82, 2.24) is 4.90 Å². The molecule has 1 fully saturated rings. The fraction of sp³-hybridized carbons (Fsp3) is 1.00. The molecular formula is C8H20Cl2N2. The molecule has 0 saturated carbocycles. The first-order valence-electron chi connectivity index (χ1n) is 4.12. The van der Waals surface area contributed by atoms with Crippen LogP contribution in [0.2, 0.25) is 0 Å². The molecule has 4 heteroatoms. The lowest BCUT2D eigenvalue weighted by Gasteiger charge is -2.30. The van der Waals surface area contributed by atoms with E-state index in [1.54, 1.807) is 0 Å². The largest absolute Gasteiger partial charge is 0.329 e. The topological polar surface area (TPSA) is 29.3 Å². The Morgan fingerprint density at radius 1 is 1.33 bits per heavy atom. The zero-order chi connectivity index (χ0) is 7.61. The minimum Gasteiger partial charge on any atom is -0.329 e. The van der Waals surface area contributed by atoms with E-state index in [1.165, 1.54) is 19.4 Å². The van der Waals surface area contributed by atoms with Gasteiger partial charge in [0.05, 0.1) is 0 Å². The van der Waals surface area contributed by atoms with Crippen LogP contribution in [0.25, 0.3) is 0 Å². The first-order valence-corrected chi connectivity index (χ1v) is 4.12. The average Bonchev–Trinajstić information content (AvgIpc) is 2.13. The molecule has 1 aliphatic rings. The van der Waals surface area contributed by atoms with Gasteiger partial charge in [-0.05, 0) is 33.2 Å². The van der Waals surface area contributed by atoms with Gasteiger partial charge < -0.3 is 5.73 Å². The monoisotopic (exact) mass is 214 g/mol. The molecule has 0 aromatic rings. The van der Waals surface area contributed by atoms with Crippen LogP contribution < -0.4 is 5.73 Å². The van der Waals surface area contributed by atoms with Crippen molar-refractivity contribution in [2.75, 3.05) is 19.6 Å². The highest BCUT2D eigenvalue weighted by molar-refractivity contribution is 5.85. The molecule has 0 aliphatic carbocycles. The van der Waals surface area contributed by atoms with Gasteiger partial charge in [-0.15, -0.1) is 24.8 Å². The Morgan fingerprint density at radius 3 is 2.25 bits per heavy atom. The van der Waals surface area contributed by atoms with E-state index >= 15 is 0 Å². The second kappa shape index (κ2) is 6.03. The third kappa shape index (κ3) is 3.48. The van der Waals surface area contributed by atoms with E-state index < -0.39 is 0 Å². The highest BCUT2D eigenvalue weighted by atomic mass is 35.5. The summed E-state index contributed by atoms with van der Waals surface area (Å²) in [6.07, 6.45) is 2.67. The van der Waals surface area contributed by atoms with Gasteiger partial charge in [-0.1, -0.05) is 0 Å². The number of halogens is 2. The maximum absolute atomic E-state index is 5.49. The Balaban J connectivity index is 0. The number of nitrogens with two attached hydrogens (primary N) is 1. The normalized spacial score (nSPS) is 21.2. The second-order valence-electron chi connectivity index (χ2n) is 3.69. The maximum atomic E-state index is 5.49. The van der Waals surface area contributed by atoms with E-state index in [2.05, 4.69) is 18.7 Å². The smallest absolute Gasteiger partial charge is 0.0154 e. The molecule has 0 spiro atoms. The van der Waals surface area contributed by atoms with Crippen molar-refractivity contribution in [1.29, 1.82) is 0 Å². The van der Waals surface area contributed by atoms with E-state index in [-0.39, 0.29) is 24.8 Å². The summed E-state index contributed by atoms with van der Waals surface area (Å²) < 4.78 is 0. The number of rotatable bonds is 2. The van der Waals surface area contributed by atoms with Crippen LogP contribution in [0.4, 0.5) is 0 Å². The number of likely N-dealkylation sites (tertiary alicyclic amines) is 1. The van der Waals surface area contributed by atoms with E-state index in [9.17, 15) is 0 Å². The van der Waals surface area contributed by atoms with Crippen molar-refractivity contribution in [2.45, 2.75) is 32.2 Å². The quantitative estimate of drug-likeness (QED) is 0.759. The van der Waals surface area contributed by atoms with E-state index in [4.69, 9.17) is 5.73 Å². The summed E-state index contributed by atoms with van der Waals surface area (Å²) in [6.45, 7) is 7.70. The summed E-state index contributed by atoms with van der Waals surface area (Å²) in [6, 6.07) is 0. The Labute approximate surface area is 87.7 Å². The maximum Gasteiger partial charge on any atom is 0.0154 e. The molecule has 2 nitrogen and oxygen atoms in total. The Morgan fingerprint density at radius 2 is 1.92 bits per heavy atom. The Hall–Kier alpha value is 0.500. The van der Waals surface area contributed by atoms with Gasteiger partial charge in [0, 0.05) is 18.6 Å². The zero-order valence-corrected chi connectivity index (χ0v) is 9.51. The summed E-state index contributed by atoms with van der Waals surface area (Å²) in [4.78, 5) is 2.48. The lowest BCUT2D eigenvalue weighted by molar-refractivity contribution is 0.180. The van der Waals surface area contributed by atoms with Crippen molar-refractivity contribution < 1.29 is 0 Å². The molecule has 0 aromatic carbocycles. The summed E-state index contributed by atoms with van der Waals surface area (Å²) in [5, 5.41) is 0. The van der Waals surface area contributed by atoms with Crippen molar-refractivity contribution >= 4 is 24.8 Å².